The van der Waals surface area contributed by atoms with Gasteiger partial charge in [-0.15, -0.1) is 0 Å². The molecule has 0 spiro atoms. The highest BCUT2D eigenvalue weighted by Crippen LogP contribution is 2.50. The molecule has 4 fully saturated rings. The van der Waals surface area contributed by atoms with Crippen LogP contribution in [0.1, 0.15) is 85.8 Å². The van der Waals surface area contributed by atoms with Crippen molar-refractivity contribution in [3.63, 3.8) is 0 Å². The molecule has 2 atom stereocenters. The molecule has 8 N–H and O–H groups in total. The highest BCUT2D eigenvalue weighted by atomic mass is 16.5. The number of ether oxygens (including phenoxy) is 1. The molecule has 3 aromatic rings. The van der Waals surface area contributed by atoms with E-state index in [0.29, 0.717) is 57.9 Å². The fraction of sp³-hybridized carbons (Fsp3) is 0.488. The summed E-state index contributed by atoms with van der Waals surface area (Å²) in [5, 5.41) is 25.8. The lowest BCUT2D eigenvalue weighted by Crippen LogP contribution is -2.51. The highest BCUT2D eigenvalue weighted by molar-refractivity contribution is 6.14. The number of nitrogens with one attached hydrogen (secondary N) is 3. The van der Waals surface area contributed by atoms with Crippen LogP contribution >= 0.6 is 0 Å². The lowest BCUT2D eigenvalue weighted by molar-refractivity contribution is -0.121. The van der Waals surface area contributed by atoms with Gasteiger partial charge in [-0.25, -0.2) is 4.98 Å². The molecule has 2 saturated heterocycles. The van der Waals surface area contributed by atoms with Crippen molar-refractivity contribution in [3.05, 3.63) is 83.0 Å². The Bertz CT molecular complexity index is 2130. The molecular weight excluding hydrogens is 737 g/mol. The molecule has 1 aromatic carbocycles. The van der Waals surface area contributed by atoms with Gasteiger partial charge in [-0.1, -0.05) is 25.1 Å². The molecule has 2 aromatic heterocycles. The first-order chi connectivity index (χ1) is 27.9. The van der Waals surface area contributed by atoms with Crippen LogP contribution in [0.25, 0.3) is 11.1 Å². The molecule has 2 unspecified atom stereocenters. The van der Waals surface area contributed by atoms with E-state index in [0.717, 1.165) is 54.6 Å². The first-order valence-electron chi connectivity index (χ1n) is 20.3. The fourth-order valence-electron chi connectivity index (χ4n) is 8.27. The summed E-state index contributed by atoms with van der Waals surface area (Å²) < 4.78 is 7.52. The van der Waals surface area contributed by atoms with Crippen LogP contribution in [-0.2, 0) is 20.0 Å². The third-order valence-electron chi connectivity index (χ3n) is 11.9. The molecular formula is C41H52BN11O5. The Morgan fingerprint density at radius 3 is 2.41 bits per heavy atom. The first kappa shape index (κ1) is 39.4. The number of allylic oxidation sites excluding steroid dienone is 1. The molecule has 16 nitrogen and oxygen atoms in total. The minimum atomic E-state index is -1.87. The summed E-state index contributed by atoms with van der Waals surface area (Å²) >= 11 is 0. The number of morpholine rings is 1. The molecule has 8 rings (SSSR count). The number of carbonyl (C=O) groups excluding carboxylic acids is 3. The zero-order valence-corrected chi connectivity index (χ0v) is 33.1. The Balaban J connectivity index is 1.03. The Morgan fingerprint density at radius 2 is 1.72 bits per heavy atom. The fourth-order valence-corrected chi connectivity index (χ4v) is 8.27. The maximum Gasteiger partial charge on any atom is 0.272 e. The van der Waals surface area contributed by atoms with Gasteiger partial charge in [0.05, 0.1) is 60.0 Å². The average Bonchev–Trinajstić information content (AvgIpc) is 4.19. The van der Waals surface area contributed by atoms with Crippen molar-refractivity contribution in [3.8, 4) is 11.1 Å². The Hall–Kier alpha value is -5.39. The lowest BCUT2D eigenvalue weighted by Gasteiger charge is -2.43. The SMILES string of the molecule is [B]C(O)(c1cccc(C(=O)N2CCOCC2)n1)N1CCC(n2ncc3c2C(CC)N(C)c2c(NC(/C=C(\N)NC(=O)C4CC4)=C(/N)C(=O)NC4CC4)cccc2-3)CC1. The largest absolute Gasteiger partial charge is 0.393 e. The van der Waals surface area contributed by atoms with Crippen LogP contribution < -0.4 is 32.3 Å². The highest BCUT2D eigenvalue weighted by Gasteiger charge is 2.39. The van der Waals surface area contributed by atoms with Crippen LogP contribution in [0.4, 0.5) is 11.4 Å². The number of likely N-dealkylation sites (tertiary alicyclic amines) is 1. The average molecular weight is 790 g/mol. The normalized spacial score (nSPS) is 21.6. The Kier molecular flexibility index (Phi) is 11.0. The molecule has 304 valence electrons. The van der Waals surface area contributed by atoms with E-state index in [1.165, 1.54) is 6.08 Å². The maximum absolute atomic E-state index is 13.2. The number of para-hydroxylation sites is 1. The van der Waals surface area contributed by atoms with Crippen molar-refractivity contribution in [1.82, 2.24) is 35.2 Å². The van der Waals surface area contributed by atoms with Crippen molar-refractivity contribution in [2.24, 2.45) is 17.4 Å². The predicted octanol–water partition coefficient (Wildman–Crippen LogP) is 2.11. The van der Waals surface area contributed by atoms with Crippen molar-refractivity contribution in [1.29, 1.82) is 0 Å². The summed E-state index contributed by atoms with van der Waals surface area (Å²) in [6.45, 7) is 5.04. The number of nitrogens with zero attached hydrogens (tertiary/aromatic N) is 6. The minimum absolute atomic E-state index is 0.0344. The molecule has 0 bridgehead atoms. The van der Waals surface area contributed by atoms with Crippen molar-refractivity contribution in [2.75, 3.05) is 56.7 Å². The molecule has 2 aliphatic carbocycles. The molecule has 2 radical (unpaired) electrons. The van der Waals surface area contributed by atoms with Gasteiger partial charge >= 0.3 is 0 Å². The molecule has 5 heterocycles. The monoisotopic (exact) mass is 789 g/mol. The number of hydrogen-bond donors (Lipinski definition) is 6. The summed E-state index contributed by atoms with van der Waals surface area (Å²) in [4.78, 5) is 49.1. The van der Waals surface area contributed by atoms with E-state index >= 15 is 0 Å². The van der Waals surface area contributed by atoms with Gasteiger partial charge in [-0.2, -0.15) is 5.10 Å². The van der Waals surface area contributed by atoms with Crippen LogP contribution in [0.5, 0.6) is 0 Å². The molecule has 58 heavy (non-hydrogen) atoms. The number of pyridine rings is 1. The van der Waals surface area contributed by atoms with Crippen molar-refractivity contribution in [2.45, 2.75) is 75.6 Å². The van der Waals surface area contributed by atoms with Gasteiger partial charge in [0.25, 0.3) is 11.8 Å². The number of rotatable bonds is 12. The van der Waals surface area contributed by atoms with E-state index < -0.39 is 11.5 Å². The van der Waals surface area contributed by atoms with Gasteiger partial charge in [0, 0.05) is 62.4 Å². The summed E-state index contributed by atoms with van der Waals surface area (Å²) in [5.41, 5.74) is 16.3. The number of hydrogen-bond acceptors (Lipinski definition) is 12. The number of aliphatic hydroxyl groups is 1. The topological polar surface area (TPSA) is 209 Å². The predicted molar refractivity (Wildman–Crippen MR) is 219 cm³/mol. The van der Waals surface area contributed by atoms with Gasteiger partial charge in [-0.3, -0.25) is 24.0 Å². The van der Waals surface area contributed by atoms with Gasteiger partial charge < -0.3 is 47.1 Å². The molecule has 3 aliphatic heterocycles. The van der Waals surface area contributed by atoms with Crippen LogP contribution in [0.2, 0.25) is 0 Å². The van der Waals surface area contributed by atoms with Gasteiger partial charge in [0.15, 0.2) is 0 Å². The molecule has 17 heteroatoms. The van der Waals surface area contributed by atoms with E-state index in [4.69, 9.17) is 29.1 Å². The smallest absolute Gasteiger partial charge is 0.272 e. The third-order valence-corrected chi connectivity index (χ3v) is 11.9. The zero-order valence-electron chi connectivity index (χ0n) is 33.1. The zero-order chi connectivity index (χ0) is 40.7. The number of anilines is 2. The Labute approximate surface area is 339 Å². The minimum Gasteiger partial charge on any atom is -0.393 e. The Morgan fingerprint density at radius 1 is 1.00 bits per heavy atom. The summed E-state index contributed by atoms with van der Waals surface area (Å²) in [6.07, 6.45) is 9.03. The van der Waals surface area contributed by atoms with Crippen molar-refractivity contribution < 1.29 is 24.2 Å². The molecule has 3 amide bonds. The van der Waals surface area contributed by atoms with Gasteiger partial charge in [0.2, 0.25) is 5.91 Å². The first-order valence-corrected chi connectivity index (χ1v) is 20.3. The van der Waals surface area contributed by atoms with Crippen LogP contribution in [0.3, 0.4) is 0 Å². The summed E-state index contributed by atoms with van der Waals surface area (Å²) in [5.74, 6) is -0.716. The van der Waals surface area contributed by atoms with Crippen LogP contribution in [-0.4, -0.2) is 108 Å². The van der Waals surface area contributed by atoms with E-state index in [9.17, 15) is 19.5 Å². The van der Waals surface area contributed by atoms with E-state index in [2.05, 4.69) is 43.5 Å². The quantitative estimate of drug-likeness (QED) is 0.0887. The van der Waals surface area contributed by atoms with Crippen LogP contribution in [0, 0.1) is 5.92 Å². The van der Waals surface area contributed by atoms with E-state index in [1.54, 1.807) is 23.1 Å². The van der Waals surface area contributed by atoms with Crippen LogP contribution in [0.15, 0.2) is 65.9 Å². The number of aromatic nitrogens is 3. The number of nitrogens with two attached hydrogens (primary N) is 2. The van der Waals surface area contributed by atoms with Crippen molar-refractivity contribution >= 4 is 36.9 Å². The second kappa shape index (κ2) is 16.1. The number of benzene rings is 1. The summed E-state index contributed by atoms with van der Waals surface area (Å²) in [7, 11) is 8.65. The second-order valence-corrected chi connectivity index (χ2v) is 15.9. The standard InChI is InChI=1S/C41H52BN11O5/c1-3-32-37-28(23-45-53(37)26-14-16-52(17-15-26)41(42,57)33-9-5-8-30(48-33)40(56)51-18-20-58-21-19-51)27-6-4-7-29(36(27)50(32)2)47-31(35(44)39(55)46-25-12-13-25)22-34(43)49-38(54)24-10-11-24/h4-9,22-26,32,47,57H,3,10-21,43-44H2,1-2H3,(H,46,55)(H,49,54)/b34-22+,35-31+. The lowest BCUT2D eigenvalue weighted by atomic mass is 9.83. The third kappa shape index (κ3) is 7.90. The van der Waals surface area contributed by atoms with E-state index in [-0.39, 0.29) is 64.5 Å². The van der Waals surface area contributed by atoms with E-state index in [1.807, 2.05) is 30.3 Å². The number of piperidine rings is 1. The van der Waals surface area contributed by atoms with Gasteiger partial charge in [-0.05, 0) is 63.1 Å². The number of carbonyl (C=O) groups is 3. The number of fused-ring (bicyclic) bond motifs is 3. The number of amides is 3. The van der Waals surface area contributed by atoms with Gasteiger partial charge in [0.1, 0.15) is 30.7 Å². The maximum atomic E-state index is 13.2. The molecule has 5 aliphatic rings. The summed E-state index contributed by atoms with van der Waals surface area (Å²) in [6, 6.07) is 11.0. The molecule has 2 saturated carbocycles. The second-order valence-electron chi connectivity index (χ2n) is 15.9.